The van der Waals surface area contributed by atoms with Gasteiger partial charge in [-0.2, -0.15) is 0 Å². The number of aryl methyl sites for hydroxylation is 1. The molecule has 0 unspecified atom stereocenters. The van der Waals surface area contributed by atoms with Crippen LogP contribution in [-0.2, 0) is 6.42 Å². The van der Waals surface area contributed by atoms with Crippen LogP contribution in [0.1, 0.15) is 11.3 Å². The highest BCUT2D eigenvalue weighted by molar-refractivity contribution is 5.57. The third kappa shape index (κ3) is 0.685. The molecule has 0 aliphatic carbocycles. The van der Waals surface area contributed by atoms with E-state index in [0.29, 0.717) is 0 Å². The van der Waals surface area contributed by atoms with Gasteiger partial charge in [-0.15, -0.1) is 0 Å². The van der Waals surface area contributed by atoms with Gasteiger partial charge in [0.1, 0.15) is 0 Å². The molecule has 0 aromatic carbocycles. The number of fused-ring (bicyclic) bond motifs is 1. The Labute approximate surface area is 60.3 Å². The third-order valence-electron chi connectivity index (χ3n) is 1.92. The van der Waals surface area contributed by atoms with Crippen LogP contribution in [0.5, 0.6) is 0 Å². The Morgan fingerprint density at radius 2 is 2.50 bits per heavy atom. The Morgan fingerprint density at radius 3 is 3.30 bits per heavy atom. The number of pyridine rings is 1. The molecule has 1 aliphatic heterocycles. The summed E-state index contributed by atoms with van der Waals surface area (Å²) in [5.41, 5.74) is 3.78. The van der Waals surface area contributed by atoms with E-state index in [4.69, 9.17) is 0 Å². The van der Waals surface area contributed by atoms with Gasteiger partial charge in [0.05, 0.1) is 11.4 Å². The number of rotatable bonds is 0. The lowest BCUT2D eigenvalue weighted by Crippen LogP contribution is -1.93. The first-order valence-corrected chi connectivity index (χ1v) is 3.56. The monoisotopic (exact) mass is 134 g/mol. The fraction of sp³-hybridized carbons (Fsp3) is 0.375. The highest BCUT2D eigenvalue weighted by atomic mass is 14.9. The summed E-state index contributed by atoms with van der Waals surface area (Å²) in [6.45, 7) is 3.11. The lowest BCUT2D eigenvalue weighted by atomic mass is 10.2. The molecule has 1 aromatic heterocycles. The Kier molecular flexibility index (Phi) is 1.13. The predicted molar refractivity (Wildman–Crippen MR) is 41.2 cm³/mol. The van der Waals surface area contributed by atoms with E-state index in [1.807, 2.05) is 13.1 Å². The van der Waals surface area contributed by atoms with E-state index in [1.54, 1.807) is 0 Å². The molecule has 52 valence electrons. The molecular formula is C8H10N2. The molecule has 2 heteroatoms. The number of nitrogens with one attached hydrogen (secondary N) is 1. The quantitative estimate of drug-likeness (QED) is 0.579. The Balaban J connectivity index is 2.59. The summed E-state index contributed by atoms with van der Waals surface area (Å²) in [4.78, 5) is 4.19. The maximum absolute atomic E-state index is 4.19. The van der Waals surface area contributed by atoms with Gasteiger partial charge < -0.3 is 5.32 Å². The maximum Gasteiger partial charge on any atom is 0.0606 e. The van der Waals surface area contributed by atoms with E-state index >= 15 is 0 Å². The summed E-state index contributed by atoms with van der Waals surface area (Å²) in [5.74, 6) is 0. The maximum atomic E-state index is 4.19. The summed E-state index contributed by atoms with van der Waals surface area (Å²) in [6, 6.07) is 2.09. The van der Waals surface area contributed by atoms with Crippen molar-refractivity contribution in [1.82, 2.24) is 4.98 Å². The van der Waals surface area contributed by atoms with Crippen LogP contribution in [-0.4, -0.2) is 11.5 Å². The number of hydrogen-bond acceptors (Lipinski definition) is 2. The van der Waals surface area contributed by atoms with Crippen LogP contribution in [0.3, 0.4) is 0 Å². The van der Waals surface area contributed by atoms with Crippen molar-refractivity contribution in [3.05, 3.63) is 23.5 Å². The van der Waals surface area contributed by atoms with Crippen LogP contribution >= 0.6 is 0 Å². The number of aromatic nitrogens is 1. The zero-order valence-electron chi connectivity index (χ0n) is 6.02. The number of hydrogen-bond donors (Lipinski definition) is 1. The Bertz CT molecular complexity index is 255. The molecule has 0 amide bonds. The standard InChI is InChI=1S/C8H10N2/c1-6-8-7(2-4-9-6)3-5-10-8/h2,4,10H,3,5H2,1H3. The van der Waals surface area contributed by atoms with E-state index in [-0.39, 0.29) is 0 Å². The van der Waals surface area contributed by atoms with Crippen LogP contribution in [0.25, 0.3) is 0 Å². The second-order valence-corrected chi connectivity index (χ2v) is 2.61. The second-order valence-electron chi connectivity index (χ2n) is 2.61. The van der Waals surface area contributed by atoms with Crippen LogP contribution in [0.2, 0.25) is 0 Å². The van der Waals surface area contributed by atoms with Crippen LogP contribution < -0.4 is 5.32 Å². The van der Waals surface area contributed by atoms with Gasteiger partial charge in [-0.3, -0.25) is 4.98 Å². The van der Waals surface area contributed by atoms with Gasteiger partial charge in [-0.1, -0.05) is 0 Å². The van der Waals surface area contributed by atoms with Gasteiger partial charge in [0.15, 0.2) is 0 Å². The highest BCUT2D eigenvalue weighted by Crippen LogP contribution is 2.23. The van der Waals surface area contributed by atoms with Crippen LogP contribution in [0, 0.1) is 6.92 Å². The lowest BCUT2D eigenvalue weighted by molar-refractivity contribution is 1.10. The Hall–Kier alpha value is -1.05. The molecular weight excluding hydrogens is 124 g/mol. The van der Waals surface area contributed by atoms with Crippen molar-refractivity contribution in [2.45, 2.75) is 13.3 Å². The van der Waals surface area contributed by atoms with Crippen molar-refractivity contribution in [2.24, 2.45) is 0 Å². The van der Waals surface area contributed by atoms with Crippen molar-refractivity contribution in [1.29, 1.82) is 0 Å². The van der Waals surface area contributed by atoms with Gasteiger partial charge in [0, 0.05) is 12.7 Å². The zero-order chi connectivity index (χ0) is 6.97. The normalized spacial score (nSPS) is 14.5. The van der Waals surface area contributed by atoms with E-state index in [0.717, 1.165) is 18.7 Å². The van der Waals surface area contributed by atoms with Crippen molar-refractivity contribution >= 4 is 5.69 Å². The fourth-order valence-electron chi connectivity index (χ4n) is 1.39. The summed E-state index contributed by atoms with van der Waals surface area (Å²) >= 11 is 0. The molecule has 0 bridgehead atoms. The largest absolute Gasteiger partial charge is 0.383 e. The minimum absolute atomic E-state index is 1.07. The summed E-state index contributed by atoms with van der Waals surface area (Å²) < 4.78 is 0. The van der Waals surface area contributed by atoms with Gasteiger partial charge >= 0.3 is 0 Å². The lowest BCUT2D eigenvalue weighted by Gasteiger charge is -2.00. The first-order chi connectivity index (χ1) is 4.88. The molecule has 2 nitrogen and oxygen atoms in total. The molecule has 0 atom stereocenters. The SMILES string of the molecule is Cc1nccc2c1NCC2. The molecule has 1 N–H and O–H groups in total. The molecule has 0 saturated carbocycles. The first kappa shape index (κ1) is 5.71. The number of nitrogens with zero attached hydrogens (tertiary/aromatic N) is 1. The molecule has 0 saturated heterocycles. The van der Waals surface area contributed by atoms with Crippen molar-refractivity contribution in [2.75, 3.05) is 11.9 Å². The number of anilines is 1. The predicted octanol–water partition coefficient (Wildman–Crippen LogP) is 1.36. The van der Waals surface area contributed by atoms with Gasteiger partial charge in [-0.25, -0.2) is 0 Å². The van der Waals surface area contributed by atoms with E-state index in [2.05, 4.69) is 16.4 Å². The molecule has 10 heavy (non-hydrogen) atoms. The van der Waals surface area contributed by atoms with Gasteiger partial charge in [-0.05, 0) is 25.0 Å². The van der Waals surface area contributed by atoms with Crippen LogP contribution in [0.15, 0.2) is 12.3 Å². The molecule has 0 spiro atoms. The molecule has 0 fully saturated rings. The molecule has 1 aliphatic rings. The van der Waals surface area contributed by atoms with E-state index < -0.39 is 0 Å². The molecule has 1 aromatic rings. The second kappa shape index (κ2) is 1.97. The summed E-state index contributed by atoms with van der Waals surface area (Å²) in [5, 5.41) is 3.31. The summed E-state index contributed by atoms with van der Waals surface area (Å²) in [6.07, 6.45) is 3.03. The van der Waals surface area contributed by atoms with Crippen molar-refractivity contribution < 1.29 is 0 Å². The first-order valence-electron chi connectivity index (χ1n) is 3.56. The minimum atomic E-state index is 1.07. The average Bonchev–Trinajstić information content (AvgIpc) is 2.36. The minimum Gasteiger partial charge on any atom is -0.383 e. The van der Waals surface area contributed by atoms with Gasteiger partial charge in [0.25, 0.3) is 0 Å². The molecule has 0 radical (unpaired) electrons. The highest BCUT2D eigenvalue weighted by Gasteiger charge is 2.10. The zero-order valence-corrected chi connectivity index (χ0v) is 6.02. The van der Waals surface area contributed by atoms with Crippen molar-refractivity contribution in [3.63, 3.8) is 0 Å². The van der Waals surface area contributed by atoms with E-state index in [1.165, 1.54) is 11.3 Å². The van der Waals surface area contributed by atoms with E-state index in [9.17, 15) is 0 Å². The molecule has 2 heterocycles. The molecule has 2 rings (SSSR count). The average molecular weight is 134 g/mol. The third-order valence-corrected chi connectivity index (χ3v) is 1.92. The van der Waals surface area contributed by atoms with Gasteiger partial charge in [0.2, 0.25) is 0 Å². The Morgan fingerprint density at radius 1 is 1.60 bits per heavy atom. The van der Waals surface area contributed by atoms with Crippen molar-refractivity contribution in [3.8, 4) is 0 Å². The topological polar surface area (TPSA) is 24.9 Å². The fourth-order valence-corrected chi connectivity index (χ4v) is 1.39. The smallest absolute Gasteiger partial charge is 0.0606 e. The summed E-state index contributed by atoms with van der Waals surface area (Å²) in [7, 11) is 0. The van der Waals surface area contributed by atoms with Crippen LogP contribution in [0.4, 0.5) is 5.69 Å².